The van der Waals surface area contributed by atoms with Crippen molar-refractivity contribution in [3.8, 4) is 0 Å². The molecule has 0 saturated carbocycles. The van der Waals surface area contributed by atoms with Gasteiger partial charge < -0.3 is 0 Å². The average molecular weight is 353 g/mol. The molecule has 1 aromatic carbocycles. The van der Waals surface area contributed by atoms with Crippen LogP contribution in [0, 0.1) is 0 Å². The van der Waals surface area contributed by atoms with Crippen LogP contribution in [0.4, 0.5) is 0 Å². The molecule has 0 radical (unpaired) electrons. The minimum absolute atomic E-state index is 0.0235. The van der Waals surface area contributed by atoms with Gasteiger partial charge in [-0.15, -0.1) is 0 Å². The number of amides is 1. The molecule has 0 atom stereocenters. The fourth-order valence-corrected chi connectivity index (χ4v) is 3.62. The number of amidine groups is 1. The zero-order valence-corrected chi connectivity index (χ0v) is 15.7. The molecule has 1 aliphatic heterocycles. The molecule has 3 rings (SSSR count). The summed E-state index contributed by atoms with van der Waals surface area (Å²) in [6.45, 7) is 7.83. The molecule has 0 saturated heterocycles. The Morgan fingerprint density at radius 3 is 2.60 bits per heavy atom. The van der Waals surface area contributed by atoms with Crippen LogP contribution < -0.4 is 0 Å². The third kappa shape index (κ3) is 4.28. The Morgan fingerprint density at radius 2 is 1.96 bits per heavy atom. The molecule has 1 aliphatic rings. The molecular formula is C20H23N3OS. The number of aromatic nitrogens is 1. The van der Waals surface area contributed by atoms with E-state index in [0.717, 1.165) is 16.5 Å². The first-order chi connectivity index (χ1) is 11.9. The largest absolute Gasteiger partial charge is 0.286 e. The maximum absolute atomic E-state index is 12.8. The van der Waals surface area contributed by atoms with Gasteiger partial charge in [0.2, 0.25) is 0 Å². The van der Waals surface area contributed by atoms with Gasteiger partial charge in [0, 0.05) is 30.3 Å². The van der Waals surface area contributed by atoms with Crippen LogP contribution >= 0.6 is 11.8 Å². The van der Waals surface area contributed by atoms with Crippen molar-refractivity contribution in [3.63, 3.8) is 0 Å². The summed E-state index contributed by atoms with van der Waals surface area (Å²) in [5.41, 5.74) is 3.15. The van der Waals surface area contributed by atoms with E-state index in [0.29, 0.717) is 18.7 Å². The smallest absolute Gasteiger partial charge is 0.259 e. The van der Waals surface area contributed by atoms with E-state index in [1.54, 1.807) is 22.9 Å². The van der Waals surface area contributed by atoms with Gasteiger partial charge in [-0.1, -0.05) is 50.7 Å². The Hall–Kier alpha value is -2.14. The fraction of sp³-hybridized carbons (Fsp3) is 0.350. The van der Waals surface area contributed by atoms with E-state index in [1.165, 1.54) is 5.56 Å². The van der Waals surface area contributed by atoms with Crippen molar-refractivity contribution in [2.75, 3.05) is 13.1 Å². The van der Waals surface area contributed by atoms with E-state index >= 15 is 0 Å². The normalized spacial score (nSPS) is 14.5. The summed E-state index contributed by atoms with van der Waals surface area (Å²) in [5, 5.41) is 0.800. The molecular weight excluding hydrogens is 330 g/mol. The third-order valence-corrected chi connectivity index (χ3v) is 5.22. The quantitative estimate of drug-likeness (QED) is 0.834. The second-order valence-corrected chi connectivity index (χ2v) is 8.04. The number of hydrogen-bond donors (Lipinski definition) is 0. The Morgan fingerprint density at radius 1 is 1.20 bits per heavy atom. The van der Waals surface area contributed by atoms with E-state index in [2.05, 4.69) is 30.7 Å². The molecule has 0 fully saturated rings. The van der Waals surface area contributed by atoms with Crippen molar-refractivity contribution < 1.29 is 4.79 Å². The molecule has 0 spiro atoms. The van der Waals surface area contributed by atoms with Gasteiger partial charge in [-0.05, 0) is 34.7 Å². The first-order valence-electron chi connectivity index (χ1n) is 8.44. The van der Waals surface area contributed by atoms with Gasteiger partial charge in [-0.25, -0.2) is 0 Å². The number of carbonyl (C=O) groups is 1. The van der Waals surface area contributed by atoms with Gasteiger partial charge in [-0.2, -0.15) is 0 Å². The topological polar surface area (TPSA) is 45.6 Å². The molecule has 1 amide bonds. The van der Waals surface area contributed by atoms with Crippen molar-refractivity contribution in [3.05, 3.63) is 65.5 Å². The number of rotatable bonds is 3. The summed E-state index contributed by atoms with van der Waals surface area (Å²) in [7, 11) is 0. The van der Waals surface area contributed by atoms with Gasteiger partial charge in [0.05, 0.1) is 6.54 Å². The second-order valence-electron chi connectivity index (χ2n) is 7.10. The molecule has 0 N–H and O–H groups in total. The summed E-state index contributed by atoms with van der Waals surface area (Å²) in [6.07, 6.45) is 3.61. The molecule has 0 unspecified atom stereocenters. The fourth-order valence-electron chi connectivity index (χ4n) is 2.64. The van der Waals surface area contributed by atoms with Crippen LogP contribution in [-0.4, -0.2) is 34.0 Å². The van der Waals surface area contributed by atoms with Crippen LogP contribution in [0.25, 0.3) is 0 Å². The van der Waals surface area contributed by atoms with E-state index in [9.17, 15) is 4.79 Å². The maximum Gasteiger partial charge on any atom is 0.259 e. The Kier molecular flexibility index (Phi) is 5.23. The highest BCUT2D eigenvalue weighted by Crippen LogP contribution is 2.24. The highest BCUT2D eigenvalue weighted by atomic mass is 32.2. The predicted molar refractivity (Wildman–Crippen MR) is 104 cm³/mol. The van der Waals surface area contributed by atoms with Crippen LogP contribution in [0.1, 0.15) is 42.3 Å². The number of benzene rings is 1. The van der Waals surface area contributed by atoms with E-state index in [1.807, 2.05) is 42.6 Å². The van der Waals surface area contributed by atoms with E-state index < -0.39 is 0 Å². The minimum atomic E-state index is 0.0235. The number of thioether (sulfide) groups is 1. The van der Waals surface area contributed by atoms with Crippen LogP contribution in [-0.2, 0) is 11.2 Å². The monoisotopic (exact) mass is 353 g/mol. The van der Waals surface area contributed by atoms with Crippen LogP contribution in [0.3, 0.4) is 0 Å². The molecule has 1 aromatic heterocycles. The number of nitrogens with zero attached hydrogens (tertiary/aromatic N) is 3. The minimum Gasteiger partial charge on any atom is -0.286 e. The summed E-state index contributed by atoms with van der Waals surface area (Å²) < 4.78 is 0. The second kappa shape index (κ2) is 7.40. The van der Waals surface area contributed by atoms with Gasteiger partial charge >= 0.3 is 0 Å². The lowest BCUT2D eigenvalue weighted by Crippen LogP contribution is -2.32. The SMILES string of the molecule is CC(C)(C)c1ccc(C(=O)N2CCN=C2SCc2cccnc2)cc1. The number of pyridine rings is 1. The Bertz CT molecular complexity index is 764. The molecule has 25 heavy (non-hydrogen) atoms. The molecule has 2 heterocycles. The van der Waals surface area contributed by atoms with Gasteiger partial charge in [0.15, 0.2) is 5.17 Å². The number of carbonyl (C=O) groups excluding carboxylic acids is 1. The highest BCUT2D eigenvalue weighted by Gasteiger charge is 2.25. The van der Waals surface area contributed by atoms with E-state index in [4.69, 9.17) is 0 Å². The summed E-state index contributed by atoms with van der Waals surface area (Å²) in [6, 6.07) is 11.9. The van der Waals surface area contributed by atoms with Gasteiger partial charge in [0.25, 0.3) is 5.91 Å². The summed E-state index contributed by atoms with van der Waals surface area (Å²) in [5.74, 6) is 0.787. The highest BCUT2D eigenvalue weighted by molar-refractivity contribution is 8.13. The van der Waals surface area contributed by atoms with Gasteiger partial charge in [0.1, 0.15) is 0 Å². The standard InChI is InChI=1S/C20H23N3OS/c1-20(2,3)17-8-6-16(7-9-17)18(24)23-12-11-22-19(23)25-14-15-5-4-10-21-13-15/h4-10,13H,11-12,14H2,1-3H3. The maximum atomic E-state index is 12.8. The van der Waals surface area contributed by atoms with Crippen LogP contribution in [0.2, 0.25) is 0 Å². The third-order valence-electron chi connectivity index (χ3n) is 4.14. The Labute approximate surface area is 153 Å². The van der Waals surface area contributed by atoms with Crippen molar-refractivity contribution >= 4 is 22.8 Å². The Balaban J connectivity index is 1.68. The first kappa shape index (κ1) is 17.7. The first-order valence-corrected chi connectivity index (χ1v) is 9.42. The van der Waals surface area contributed by atoms with E-state index in [-0.39, 0.29) is 11.3 Å². The average Bonchev–Trinajstić information content (AvgIpc) is 3.08. The zero-order chi connectivity index (χ0) is 17.9. The molecule has 5 heteroatoms. The van der Waals surface area contributed by atoms with Gasteiger partial charge in [-0.3, -0.25) is 19.7 Å². The van der Waals surface area contributed by atoms with Crippen molar-refractivity contribution in [1.29, 1.82) is 0 Å². The number of hydrogen-bond acceptors (Lipinski definition) is 4. The lowest BCUT2D eigenvalue weighted by Gasteiger charge is -2.21. The summed E-state index contributed by atoms with van der Waals surface area (Å²) >= 11 is 1.59. The van der Waals surface area contributed by atoms with Crippen molar-refractivity contribution in [2.24, 2.45) is 4.99 Å². The van der Waals surface area contributed by atoms with Crippen molar-refractivity contribution in [2.45, 2.75) is 31.9 Å². The predicted octanol–water partition coefficient (Wildman–Crippen LogP) is 4.12. The van der Waals surface area contributed by atoms with Crippen LogP contribution in [0.5, 0.6) is 0 Å². The molecule has 4 nitrogen and oxygen atoms in total. The molecule has 130 valence electrons. The van der Waals surface area contributed by atoms with Crippen LogP contribution in [0.15, 0.2) is 53.8 Å². The zero-order valence-electron chi connectivity index (χ0n) is 14.9. The molecule has 0 bridgehead atoms. The lowest BCUT2D eigenvalue weighted by atomic mass is 9.86. The van der Waals surface area contributed by atoms with Crippen molar-refractivity contribution in [1.82, 2.24) is 9.88 Å². The lowest BCUT2D eigenvalue weighted by molar-refractivity contribution is 0.0860. The summed E-state index contributed by atoms with van der Waals surface area (Å²) in [4.78, 5) is 23.3. The molecule has 2 aromatic rings. The molecule has 0 aliphatic carbocycles. The number of aliphatic imine (C=N–C) groups is 1.